The number of aliphatic hydroxyl groups excluding tert-OH is 1. The number of hydrogen-bond donors (Lipinski definition) is 2. The normalized spacial score (nSPS) is 25.6. The molecule has 1 aliphatic carbocycles. The number of rotatable bonds is 2. The van der Waals surface area contributed by atoms with E-state index in [0.29, 0.717) is 4.88 Å². The number of aliphatic carboxylic acids is 1. The number of nitrogens with zero attached hydrogens (tertiary/aromatic N) is 1. The van der Waals surface area contributed by atoms with Gasteiger partial charge in [0.15, 0.2) is 0 Å². The highest BCUT2D eigenvalue weighted by Crippen LogP contribution is 2.32. The number of β-amino-alcohol motifs (C(OH)–C–C–N with tert-alkyl or cyclic N) is 1. The number of aliphatic hydroxyl groups is 1. The molecule has 3 rings (SSSR count). The lowest BCUT2D eigenvalue weighted by Crippen LogP contribution is -2.40. The quantitative estimate of drug-likeness (QED) is 0.844. The molecule has 1 saturated heterocycles. The number of fused-ring (bicyclic) bond motifs is 1. The van der Waals surface area contributed by atoms with Crippen molar-refractivity contribution in [2.24, 2.45) is 0 Å². The Bertz CT molecular complexity index is 517. The van der Waals surface area contributed by atoms with Gasteiger partial charge in [-0.1, -0.05) is 0 Å². The van der Waals surface area contributed by atoms with Crippen LogP contribution in [0.3, 0.4) is 0 Å². The molecule has 1 amide bonds. The van der Waals surface area contributed by atoms with E-state index in [1.807, 2.05) is 6.07 Å². The van der Waals surface area contributed by atoms with Gasteiger partial charge in [-0.15, -0.1) is 11.3 Å². The molecule has 2 N–H and O–H groups in total. The van der Waals surface area contributed by atoms with E-state index in [9.17, 15) is 14.7 Å². The van der Waals surface area contributed by atoms with Gasteiger partial charge < -0.3 is 15.1 Å². The molecule has 1 aromatic heterocycles. The van der Waals surface area contributed by atoms with Crippen LogP contribution in [-0.2, 0) is 17.6 Å². The van der Waals surface area contributed by atoms with E-state index in [1.165, 1.54) is 26.7 Å². The first-order valence-electron chi connectivity index (χ1n) is 6.39. The van der Waals surface area contributed by atoms with Gasteiger partial charge in [-0.2, -0.15) is 0 Å². The maximum Gasteiger partial charge on any atom is 0.326 e. The van der Waals surface area contributed by atoms with Crippen molar-refractivity contribution in [1.82, 2.24) is 4.90 Å². The van der Waals surface area contributed by atoms with E-state index in [4.69, 9.17) is 5.11 Å². The fourth-order valence-electron chi connectivity index (χ4n) is 2.85. The SMILES string of the molecule is O=C(O)[C@@H]1C[C@@H](O)CN1C(=O)c1cc2c(s1)CCC2. The molecule has 0 aromatic carbocycles. The van der Waals surface area contributed by atoms with Gasteiger partial charge in [-0.05, 0) is 30.9 Å². The van der Waals surface area contributed by atoms with E-state index >= 15 is 0 Å². The molecule has 0 unspecified atom stereocenters. The molecule has 0 bridgehead atoms. The number of carboxylic acid groups (broad SMARTS) is 1. The zero-order valence-corrected chi connectivity index (χ0v) is 11.2. The third-order valence-corrected chi connectivity index (χ3v) is 5.01. The van der Waals surface area contributed by atoms with Crippen molar-refractivity contribution in [2.45, 2.75) is 37.8 Å². The molecule has 2 aliphatic rings. The van der Waals surface area contributed by atoms with E-state index < -0.39 is 18.1 Å². The van der Waals surface area contributed by atoms with E-state index in [1.54, 1.807) is 0 Å². The third kappa shape index (κ3) is 2.15. The molecular weight excluding hydrogens is 266 g/mol. The fraction of sp³-hybridized carbons (Fsp3) is 0.538. The predicted octanol–water partition coefficient (Wildman–Crippen LogP) is 0.897. The summed E-state index contributed by atoms with van der Waals surface area (Å²) in [5.74, 6) is -1.31. The molecule has 5 nitrogen and oxygen atoms in total. The minimum absolute atomic E-state index is 0.109. The van der Waals surface area contributed by atoms with Crippen LogP contribution in [0.15, 0.2) is 6.07 Å². The van der Waals surface area contributed by atoms with E-state index in [2.05, 4.69) is 0 Å². The van der Waals surface area contributed by atoms with Gasteiger partial charge in [0, 0.05) is 17.8 Å². The summed E-state index contributed by atoms with van der Waals surface area (Å²) in [6.45, 7) is 0.109. The van der Waals surface area contributed by atoms with Gasteiger partial charge in [0.25, 0.3) is 5.91 Å². The summed E-state index contributed by atoms with van der Waals surface area (Å²) in [4.78, 5) is 26.6. The fourth-order valence-corrected chi connectivity index (χ4v) is 4.06. The lowest BCUT2D eigenvalue weighted by Gasteiger charge is -2.20. The first kappa shape index (κ1) is 12.6. The maximum absolute atomic E-state index is 12.4. The molecule has 0 radical (unpaired) electrons. The van der Waals surface area contributed by atoms with E-state index in [0.717, 1.165) is 19.3 Å². The lowest BCUT2D eigenvalue weighted by atomic mass is 10.2. The van der Waals surface area contributed by atoms with Crippen LogP contribution in [-0.4, -0.2) is 45.7 Å². The number of carboxylic acids is 1. The Morgan fingerprint density at radius 2 is 2.16 bits per heavy atom. The van der Waals surface area contributed by atoms with Crippen molar-refractivity contribution >= 4 is 23.2 Å². The van der Waals surface area contributed by atoms with Crippen LogP contribution in [0.1, 0.15) is 33.0 Å². The molecule has 6 heteroatoms. The Hall–Kier alpha value is -1.40. The second-order valence-electron chi connectivity index (χ2n) is 5.11. The monoisotopic (exact) mass is 281 g/mol. The van der Waals surface area contributed by atoms with Crippen LogP contribution >= 0.6 is 11.3 Å². The largest absolute Gasteiger partial charge is 0.480 e. The molecule has 2 heterocycles. The van der Waals surface area contributed by atoms with Crippen molar-refractivity contribution in [2.75, 3.05) is 6.54 Å². The Morgan fingerprint density at radius 1 is 1.37 bits per heavy atom. The number of amides is 1. The zero-order valence-electron chi connectivity index (χ0n) is 10.3. The summed E-state index contributed by atoms with van der Waals surface area (Å²) in [5, 5.41) is 18.7. The molecule has 2 atom stereocenters. The summed E-state index contributed by atoms with van der Waals surface area (Å²) >= 11 is 1.47. The third-order valence-electron chi connectivity index (χ3n) is 3.78. The maximum atomic E-state index is 12.4. The molecule has 1 aromatic rings. The number of aryl methyl sites for hydroxylation is 2. The van der Waals surface area contributed by atoms with Crippen LogP contribution in [0.25, 0.3) is 0 Å². The summed E-state index contributed by atoms with van der Waals surface area (Å²) in [6.07, 6.45) is 2.53. The average molecular weight is 281 g/mol. The van der Waals surface area contributed by atoms with Crippen molar-refractivity contribution in [3.8, 4) is 0 Å². The van der Waals surface area contributed by atoms with Crippen LogP contribution < -0.4 is 0 Å². The Morgan fingerprint density at radius 3 is 2.84 bits per heavy atom. The highest BCUT2D eigenvalue weighted by Gasteiger charge is 2.39. The van der Waals surface area contributed by atoms with Gasteiger partial charge in [-0.3, -0.25) is 4.79 Å². The number of hydrogen-bond acceptors (Lipinski definition) is 4. The standard InChI is InChI=1S/C13H15NO4S/c15-8-5-9(13(17)18)14(6-8)12(16)11-4-7-2-1-3-10(7)19-11/h4,8-9,15H,1-3,5-6H2,(H,17,18)/t8-,9+/m1/s1. The van der Waals surface area contributed by atoms with Crippen molar-refractivity contribution in [3.05, 3.63) is 21.4 Å². The molecule has 1 aliphatic heterocycles. The first-order chi connectivity index (χ1) is 9.06. The molecule has 0 spiro atoms. The second kappa shape index (κ2) is 4.61. The number of thiophene rings is 1. The van der Waals surface area contributed by atoms with Crippen molar-refractivity contribution in [3.63, 3.8) is 0 Å². The Labute approximate surface area is 114 Å². The minimum atomic E-state index is -1.05. The van der Waals surface area contributed by atoms with Crippen LogP contribution in [0, 0.1) is 0 Å². The van der Waals surface area contributed by atoms with Crippen molar-refractivity contribution < 1.29 is 19.8 Å². The van der Waals surface area contributed by atoms with Gasteiger partial charge in [-0.25, -0.2) is 4.79 Å². The van der Waals surface area contributed by atoms with Crippen LogP contribution in [0.2, 0.25) is 0 Å². The first-order valence-corrected chi connectivity index (χ1v) is 7.21. The molecule has 19 heavy (non-hydrogen) atoms. The van der Waals surface area contributed by atoms with Gasteiger partial charge >= 0.3 is 5.97 Å². The molecule has 0 saturated carbocycles. The number of likely N-dealkylation sites (tertiary alicyclic amines) is 1. The Kier molecular flexibility index (Phi) is 3.06. The van der Waals surface area contributed by atoms with Crippen LogP contribution in [0.5, 0.6) is 0 Å². The Balaban J connectivity index is 1.84. The highest BCUT2D eigenvalue weighted by atomic mass is 32.1. The summed E-state index contributed by atoms with van der Waals surface area (Å²) < 4.78 is 0. The summed E-state index contributed by atoms with van der Waals surface area (Å²) in [7, 11) is 0. The van der Waals surface area contributed by atoms with Gasteiger partial charge in [0.1, 0.15) is 6.04 Å². The van der Waals surface area contributed by atoms with E-state index in [-0.39, 0.29) is 18.9 Å². The lowest BCUT2D eigenvalue weighted by molar-refractivity contribution is -0.141. The number of carbonyl (C=O) groups excluding carboxylic acids is 1. The van der Waals surface area contributed by atoms with Gasteiger partial charge in [0.05, 0.1) is 11.0 Å². The summed E-state index contributed by atoms with van der Waals surface area (Å²) in [6, 6.07) is 0.985. The molecule has 1 fully saturated rings. The molecule has 102 valence electrons. The van der Waals surface area contributed by atoms with Gasteiger partial charge in [0.2, 0.25) is 0 Å². The summed E-state index contributed by atoms with van der Waals surface area (Å²) in [5.41, 5.74) is 1.22. The topological polar surface area (TPSA) is 77.8 Å². The van der Waals surface area contributed by atoms with Crippen molar-refractivity contribution in [1.29, 1.82) is 0 Å². The molecular formula is C13H15NO4S. The average Bonchev–Trinajstić information content (AvgIpc) is 2.99. The predicted molar refractivity (Wildman–Crippen MR) is 69.4 cm³/mol. The smallest absolute Gasteiger partial charge is 0.326 e. The minimum Gasteiger partial charge on any atom is -0.480 e. The highest BCUT2D eigenvalue weighted by molar-refractivity contribution is 7.14. The van der Waals surface area contributed by atoms with Crippen LogP contribution in [0.4, 0.5) is 0 Å². The zero-order chi connectivity index (χ0) is 13.6. The number of carbonyl (C=O) groups is 2. The second-order valence-corrected chi connectivity index (χ2v) is 6.25.